The van der Waals surface area contributed by atoms with Crippen molar-refractivity contribution in [3.63, 3.8) is 0 Å². The maximum atomic E-state index is 11.9. The average molecular weight is 255 g/mol. The molecule has 5 nitrogen and oxygen atoms in total. The van der Waals surface area contributed by atoms with Gasteiger partial charge in [-0.25, -0.2) is 4.79 Å². The normalized spacial score (nSPS) is 21.1. The predicted octanol–water partition coefficient (Wildman–Crippen LogP) is 1.79. The molecule has 1 aliphatic heterocycles. The number of amides is 1. The summed E-state index contributed by atoms with van der Waals surface area (Å²) < 4.78 is 5.29. The highest BCUT2D eigenvalue weighted by Crippen LogP contribution is 2.19. The average Bonchev–Trinajstić information content (AvgIpc) is 2.51. The molecule has 1 heterocycles. The minimum Gasteiger partial charge on any atom is -0.444 e. The van der Waals surface area contributed by atoms with Gasteiger partial charge >= 0.3 is 6.09 Å². The summed E-state index contributed by atoms with van der Waals surface area (Å²) in [5.74, 6) is -0.601. The lowest BCUT2D eigenvalue weighted by Gasteiger charge is -2.26. The predicted molar refractivity (Wildman–Crippen MR) is 66.2 cm³/mol. The monoisotopic (exact) mass is 255 g/mol. The van der Waals surface area contributed by atoms with Gasteiger partial charge in [0.25, 0.3) is 0 Å². The summed E-state index contributed by atoms with van der Waals surface area (Å²) in [6.07, 6.45) is 1.96. The van der Waals surface area contributed by atoms with E-state index < -0.39 is 5.60 Å². The third-order valence-corrected chi connectivity index (χ3v) is 2.90. The van der Waals surface area contributed by atoms with Crippen LogP contribution in [0.25, 0.3) is 0 Å². The Morgan fingerprint density at radius 1 is 1.22 bits per heavy atom. The number of rotatable bonds is 2. The number of ether oxygens (including phenoxy) is 1. The number of likely N-dealkylation sites (tertiary alicyclic amines) is 1. The Morgan fingerprint density at radius 2 is 1.89 bits per heavy atom. The highest BCUT2D eigenvalue weighted by atomic mass is 16.6. The Bertz CT molecular complexity index is 332. The summed E-state index contributed by atoms with van der Waals surface area (Å²) in [6.45, 7) is 6.51. The minimum atomic E-state index is -0.512. The van der Waals surface area contributed by atoms with Crippen molar-refractivity contribution >= 4 is 18.2 Å². The molecule has 0 spiro atoms. The molecule has 0 bridgehead atoms. The first-order valence-corrected chi connectivity index (χ1v) is 6.30. The number of hydrogen-bond acceptors (Lipinski definition) is 4. The summed E-state index contributed by atoms with van der Waals surface area (Å²) in [7, 11) is 0. The zero-order chi connectivity index (χ0) is 13.8. The molecule has 18 heavy (non-hydrogen) atoms. The van der Waals surface area contributed by atoms with E-state index in [1.807, 2.05) is 20.8 Å². The lowest BCUT2D eigenvalue weighted by atomic mass is 9.97. The molecular weight excluding hydrogens is 234 g/mol. The van der Waals surface area contributed by atoms with E-state index in [0.717, 1.165) is 6.42 Å². The molecule has 1 atom stereocenters. The zero-order valence-corrected chi connectivity index (χ0v) is 11.3. The molecule has 102 valence electrons. The number of aldehydes is 1. The van der Waals surface area contributed by atoms with Gasteiger partial charge in [0, 0.05) is 19.0 Å². The van der Waals surface area contributed by atoms with Gasteiger partial charge in [-0.05, 0) is 40.0 Å². The van der Waals surface area contributed by atoms with Crippen LogP contribution in [0.2, 0.25) is 0 Å². The Balaban J connectivity index is 2.54. The van der Waals surface area contributed by atoms with Crippen LogP contribution in [0.15, 0.2) is 0 Å². The molecule has 5 heteroatoms. The summed E-state index contributed by atoms with van der Waals surface area (Å²) in [5.41, 5.74) is -0.512. The lowest BCUT2D eigenvalue weighted by molar-refractivity contribution is -0.132. The van der Waals surface area contributed by atoms with Crippen LogP contribution in [0, 0.1) is 5.92 Å². The number of ketones is 1. The Hall–Kier alpha value is -1.39. The third kappa shape index (κ3) is 4.47. The number of carbonyl (C=O) groups excluding carboxylic acids is 3. The second kappa shape index (κ2) is 5.98. The smallest absolute Gasteiger partial charge is 0.410 e. The van der Waals surface area contributed by atoms with E-state index in [1.165, 1.54) is 0 Å². The number of hydrogen-bond donors (Lipinski definition) is 0. The number of nitrogens with zero attached hydrogens (tertiary/aromatic N) is 1. The fourth-order valence-corrected chi connectivity index (χ4v) is 1.99. The van der Waals surface area contributed by atoms with Crippen molar-refractivity contribution in [2.24, 2.45) is 5.92 Å². The van der Waals surface area contributed by atoms with Gasteiger partial charge in [-0.3, -0.25) is 9.59 Å². The van der Waals surface area contributed by atoms with Gasteiger partial charge in [0.1, 0.15) is 5.60 Å². The molecule has 0 radical (unpaired) electrons. The molecular formula is C13H21NO4. The van der Waals surface area contributed by atoms with Crippen LogP contribution in [-0.4, -0.2) is 41.8 Å². The first kappa shape index (κ1) is 14.7. The molecule has 0 aromatic rings. The van der Waals surface area contributed by atoms with Crippen LogP contribution >= 0.6 is 0 Å². The van der Waals surface area contributed by atoms with E-state index in [-0.39, 0.29) is 17.8 Å². The van der Waals surface area contributed by atoms with Crippen LogP contribution in [-0.2, 0) is 14.3 Å². The van der Waals surface area contributed by atoms with E-state index in [9.17, 15) is 14.4 Å². The fourth-order valence-electron chi connectivity index (χ4n) is 1.99. The second-order valence-corrected chi connectivity index (χ2v) is 5.62. The molecule has 1 unspecified atom stereocenters. The fraction of sp³-hybridized carbons (Fsp3) is 0.769. The zero-order valence-electron chi connectivity index (χ0n) is 11.3. The van der Waals surface area contributed by atoms with E-state index >= 15 is 0 Å². The molecule has 0 N–H and O–H groups in total. The van der Waals surface area contributed by atoms with Crippen molar-refractivity contribution in [2.75, 3.05) is 13.1 Å². The Morgan fingerprint density at radius 3 is 2.44 bits per heavy atom. The van der Waals surface area contributed by atoms with Gasteiger partial charge in [0.15, 0.2) is 12.1 Å². The van der Waals surface area contributed by atoms with Crippen molar-refractivity contribution < 1.29 is 19.1 Å². The largest absolute Gasteiger partial charge is 0.444 e. The van der Waals surface area contributed by atoms with Crippen LogP contribution in [0.3, 0.4) is 0 Å². The molecule has 1 fully saturated rings. The summed E-state index contributed by atoms with van der Waals surface area (Å²) in [4.78, 5) is 35.3. The second-order valence-electron chi connectivity index (χ2n) is 5.62. The van der Waals surface area contributed by atoms with Crippen LogP contribution < -0.4 is 0 Å². The molecule has 1 rings (SSSR count). The van der Waals surface area contributed by atoms with Crippen LogP contribution in [0.1, 0.15) is 40.0 Å². The van der Waals surface area contributed by atoms with E-state index in [2.05, 4.69) is 0 Å². The summed E-state index contributed by atoms with van der Waals surface area (Å²) >= 11 is 0. The molecule has 1 saturated heterocycles. The first-order valence-electron chi connectivity index (χ1n) is 6.30. The molecule has 1 aliphatic rings. The van der Waals surface area contributed by atoms with Crippen molar-refractivity contribution in [3.05, 3.63) is 0 Å². The number of Topliss-reactive ketones (excluding diaryl/α,β-unsaturated/α-hetero) is 1. The maximum absolute atomic E-state index is 11.9. The Labute approximate surface area is 107 Å². The van der Waals surface area contributed by atoms with Crippen LogP contribution in [0.4, 0.5) is 4.79 Å². The summed E-state index contributed by atoms with van der Waals surface area (Å²) in [6, 6.07) is 0. The molecule has 0 aromatic carbocycles. The van der Waals surface area contributed by atoms with Gasteiger partial charge in [-0.2, -0.15) is 0 Å². The van der Waals surface area contributed by atoms with Gasteiger partial charge in [0.05, 0.1) is 0 Å². The minimum absolute atomic E-state index is 0.241. The third-order valence-electron chi connectivity index (χ3n) is 2.90. The van der Waals surface area contributed by atoms with Gasteiger partial charge in [0.2, 0.25) is 0 Å². The van der Waals surface area contributed by atoms with Crippen molar-refractivity contribution in [1.82, 2.24) is 4.90 Å². The number of carbonyl (C=O) groups is 3. The summed E-state index contributed by atoms with van der Waals surface area (Å²) in [5, 5.41) is 0. The standard InChI is InChI=1S/C13H21NO4/c1-13(2,3)18-12(17)14-7-4-5-10(6-8-14)11(16)9-15/h9-10H,4-8H2,1-3H3. The van der Waals surface area contributed by atoms with E-state index in [4.69, 9.17) is 4.74 Å². The maximum Gasteiger partial charge on any atom is 0.410 e. The van der Waals surface area contributed by atoms with Gasteiger partial charge in [-0.1, -0.05) is 0 Å². The Kier molecular flexibility index (Phi) is 4.87. The van der Waals surface area contributed by atoms with Gasteiger partial charge < -0.3 is 9.64 Å². The quantitative estimate of drug-likeness (QED) is 0.557. The van der Waals surface area contributed by atoms with Crippen molar-refractivity contribution in [3.8, 4) is 0 Å². The molecule has 0 aromatic heterocycles. The highest BCUT2D eigenvalue weighted by Gasteiger charge is 2.27. The van der Waals surface area contributed by atoms with Gasteiger partial charge in [-0.15, -0.1) is 0 Å². The van der Waals surface area contributed by atoms with E-state index in [1.54, 1.807) is 4.90 Å². The molecule has 0 aliphatic carbocycles. The molecule has 0 saturated carbocycles. The van der Waals surface area contributed by atoms with E-state index in [0.29, 0.717) is 32.2 Å². The van der Waals surface area contributed by atoms with Crippen molar-refractivity contribution in [2.45, 2.75) is 45.6 Å². The topological polar surface area (TPSA) is 63.7 Å². The lowest BCUT2D eigenvalue weighted by Crippen LogP contribution is -2.37. The molecule has 1 amide bonds. The SMILES string of the molecule is CC(C)(C)OC(=O)N1CCCC(C(=O)C=O)CC1. The highest BCUT2D eigenvalue weighted by molar-refractivity contribution is 6.25. The van der Waals surface area contributed by atoms with Crippen molar-refractivity contribution in [1.29, 1.82) is 0 Å². The van der Waals surface area contributed by atoms with Crippen LogP contribution in [0.5, 0.6) is 0 Å². The first-order chi connectivity index (χ1) is 8.33.